The molecular weight excluding hydrogens is 691 g/mol. The highest BCUT2D eigenvalue weighted by Crippen LogP contribution is 2.52. The van der Waals surface area contributed by atoms with E-state index in [1.807, 2.05) is 12.1 Å². The monoisotopic (exact) mass is 729 g/mol. The first kappa shape index (κ1) is 33.2. The fourth-order valence-corrected chi connectivity index (χ4v) is 9.31. The largest absolute Gasteiger partial charge is 0.456 e. The predicted octanol–water partition coefficient (Wildman–Crippen LogP) is 15.5. The first-order valence-corrected chi connectivity index (χ1v) is 19.8. The Labute approximate surface area is 332 Å². The molecule has 57 heavy (non-hydrogen) atoms. The minimum Gasteiger partial charge on any atom is -0.456 e. The van der Waals surface area contributed by atoms with Gasteiger partial charge in [0.25, 0.3) is 0 Å². The van der Waals surface area contributed by atoms with Gasteiger partial charge in [0.1, 0.15) is 11.2 Å². The zero-order valence-electron chi connectivity index (χ0n) is 31.9. The molecule has 0 atom stereocenters. The average Bonchev–Trinajstić information content (AvgIpc) is 3.75. The minimum absolute atomic E-state index is 0.101. The summed E-state index contributed by atoms with van der Waals surface area (Å²) < 4.78 is 6.39. The molecule has 11 rings (SSSR count). The summed E-state index contributed by atoms with van der Waals surface area (Å²) in [5.74, 6) is 0. The lowest BCUT2D eigenvalue weighted by Gasteiger charge is -2.29. The van der Waals surface area contributed by atoms with E-state index in [1.54, 1.807) is 0 Å². The molecule has 2 heteroatoms. The summed E-state index contributed by atoms with van der Waals surface area (Å²) in [4.78, 5) is 2.40. The molecule has 10 aromatic rings. The van der Waals surface area contributed by atoms with Crippen LogP contribution in [0.2, 0.25) is 0 Å². The number of rotatable bonds is 6. The first-order valence-electron chi connectivity index (χ1n) is 19.8. The van der Waals surface area contributed by atoms with Gasteiger partial charge in [-0.25, -0.2) is 0 Å². The Kier molecular flexibility index (Phi) is 7.55. The second-order valence-electron chi connectivity index (χ2n) is 15.7. The van der Waals surface area contributed by atoms with Gasteiger partial charge in [0, 0.05) is 33.1 Å². The third-order valence-electron chi connectivity index (χ3n) is 12.0. The van der Waals surface area contributed by atoms with E-state index < -0.39 is 0 Å². The van der Waals surface area contributed by atoms with E-state index in [4.69, 9.17) is 4.42 Å². The Bertz CT molecular complexity index is 3170. The van der Waals surface area contributed by atoms with Crippen molar-refractivity contribution in [2.45, 2.75) is 19.3 Å². The molecule has 2 nitrogen and oxygen atoms in total. The van der Waals surface area contributed by atoms with Gasteiger partial charge in [-0.05, 0) is 115 Å². The van der Waals surface area contributed by atoms with E-state index in [0.29, 0.717) is 0 Å². The number of anilines is 3. The van der Waals surface area contributed by atoms with E-state index in [2.05, 4.69) is 207 Å². The Morgan fingerprint density at radius 1 is 0.386 bits per heavy atom. The van der Waals surface area contributed by atoms with Crippen molar-refractivity contribution >= 4 is 49.8 Å². The Morgan fingerprint density at radius 2 is 1.04 bits per heavy atom. The second kappa shape index (κ2) is 13.0. The maximum Gasteiger partial charge on any atom is 0.136 e. The molecule has 0 spiro atoms. The van der Waals surface area contributed by atoms with Crippen molar-refractivity contribution < 1.29 is 4.42 Å². The van der Waals surface area contributed by atoms with Crippen molar-refractivity contribution in [1.82, 2.24) is 0 Å². The van der Waals surface area contributed by atoms with Gasteiger partial charge in [-0.2, -0.15) is 0 Å². The Morgan fingerprint density at radius 3 is 1.93 bits per heavy atom. The lowest BCUT2D eigenvalue weighted by molar-refractivity contribution is 0.662. The van der Waals surface area contributed by atoms with Gasteiger partial charge in [-0.15, -0.1) is 0 Å². The smallest absolute Gasteiger partial charge is 0.136 e. The highest BCUT2D eigenvalue weighted by Gasteiger charge is 2.37. The van der Waals surface area contributed by atoms with Crippen LogP contribution in [0.4, 0.5) is 17.1 Å². The van der Waals surface area contributed by atoms with Crippen LogP contribution in [0.1, 0.15) is 25.0 Å². The summed E-state index contributed by atoms with van der Waals surface area (Å²) in [7, 11) is 0. The van der Waals surface area contributed by atoms with E-state index in [0.717, 1.165) is 50.1 Å². The molecule has 0 N–H and O–H groups in total. The van der Waals surface area contributed by atoms with Crippen molar-refractivity contribution in [3.8, 4) is 44.5 Å². The normalized spacial score (nSPS) is 12.9. The van der Waals surface area contributed by atoms with Crippen molar-refractivity contribution in [3.63, 3.8) is 0 Å². The molecule has 270 valence electrons. The van der Waals surface area contributed by atoms with Gasteiger partial charge < -0.3 is 9.32 Å². The Hall–Kier alpha value is -7.16. The first-order chi connectivity index (χ1) is 28.0. The summed E-state index contributed by atoms with van der Waals surface area (Å²) in [5, 5.41) is 4.74. The van der Waals surface area contributed by atoms with Crippen LogP contribution in [0.5, 0.6) is 0 Å². The van der Waals surface area contributed by atoms with E-state index in [9.17, 15) is 0 Å². The van der Waals surface area contributed by atoms with Gasteiger partial charge >= 0.3 is 0 Å². The van der Waals surface area contributed by atoms with Gasteiger partial charge in [0.05, 0.1) is 5.69 Å². The van der Waals surface area contributed by atoms with Crippen molar-refractivity contribution in [1.29, 1.82) is 0 Å². The van der Waals surface area contributed by atoms with Crippen LogP contribution in [0.15, 0.2) is 205 Å². The van der Waals surface area contributed by atoms with Gasteiger partial charge in [0.15, 0.2) is 0 Å². The zero-order valence-corrected chi connectivity index (χ0v) is 31.9. The number of nitrogens with zero attached hydrogens (tertiary/aromatic N) is 1. The topological polar surface area (TPSA) is 16.4 Å². The van der Waals surface area contributed by atoms with Crippen LogP contribution in [-0.4, -0.2) is 0 Å². The lowest BCUT2D eigenvalue weighted by Crippen LogP contribution is -2.16. The zero-order chi connectivity index (χ0) is 38.1. The van der Waals surface area contributed by atoms with E-state index >= 15 is 0 Å². The van der Waals surface area contributed by atoms with Crippen molar-refractivity contribution in [2.75, 3.05) is 4.90 Å². The molecule has 0 amide bonds. The molecular formula is C55H39NO. The SMILES string of the molecule is CC1(C)c2ccccc2-c2cccc(-c3ccc(N(c4cccc(-c5ccc6ccccc6c5)c4)c4ccccc4-c4ccc5c(c4)oc4ccccc45)cc3)c21. The fraction of sp³-hybridized carbons (Fsp3) is 0.0545. The molecule has 1 heterocycles. The summed E-state index contributed by atoms with van der Waals surface area (Å²) in [6.07, 6.45) is 0. The highest BCUT2D eigenvalue weighted by atomic mass is 16.3. The van der Waals surface area contributed by atoms with E-state index in [-0.39, 0.29) is 5.41 Å². The number of hydrogen-bond donors (Lipinski definition) is 0. The van der Waals surface area contributed by atoms with Gasteiger partial charge in [0.2, 0.25) is 0 Å². The van der Waals surface area contributed by atoms with Crippen molar-refractivity contribution in [3.05, 3.63) is 211 Å². The minimum atomic E-state index is -0.101. The van der Waals surface area contributed by atoms with Crippen LogP contribution < -0.4 is 4.90 Å². The fourth-order valence-electron chi connectivity index (χ4n) is 9.31. The summed E-state index contributed by atoms with van der Waals surface area (Å²) in [6, 6.07) is 72.7. The molecule has 1 aromatic heterocycles. The molecule has 9 aromatic carbocycles. The number of furan rings is 1. The molecule has 0 bridgehead atoms. The maximum absolute atomic E-state index is 6.39. The van der Waals surface area contributed by atoms with Gasteiger partial charge in [-0.1, -0.05) is 159 Å². The lowest BCUT2D eigenvalue weighted by atomic mass is 9.79. The summed E-state index contributed by atoms with van der Waals surface area (Å²) in [6.45, 7) is 4.72. The molecule has 0 radical (unpaired) electrons. The average molecular weight is 730 g/mol. The number of fused-ring (bicyclic) bond motifs is 7. The van der Waals surface area contributed by atoms with Crippen LogP contribution in [0.3, 0.4) is 0 Å². The van der Waals surface area contributed by atoms with Gasteiger partial charge in [-0.3, -0.25) is 0 Å². The molecule has 1 aliphatic rings. The standard InChI is InChI=1S/C55H39NO/c1-55(2)50-22-8-5-18-46(50)49-21-12-20-45(54(49)55)37-27-30-42(31-28-37)56(43-16-11-15-39(34-43)40-26-25-36-13-3-4-14-38(36)33-40)51-23-9-6-17-44(51)41-29-32-48-47-19-7-10-24-52(47)57-53(48)35-41/h3-35H,1-2H3. The summed E-state index contributed by atoms with van der Waals surface area (Å²) in [5.41, 5.74) is 17.5. The summed E-state index contributed by atoms with van der Waals surface area (Å²) >= 11 is 0. The molecule has 0 unspecified atom stereocenters. The quantitative estimate of drug-likeness (QED) is 0.169. The van der Waals surface area contributed by atoms with E-state index in [1.165, 1.54) is 55.3 Å². The highest BCUT2D eigenvalue weighted by molar-refractivity contribution is 6.06. The maximum atomic E-state index is 6.39. The van der Waals surface area contributed by atoms with Crippen LogP contribution in [0, 0.1) is 0 Å². The van der Waals surface area contributed by atoms with Crippen LogP contribution in [0.25, 0.3) is 77.2 Å². The molecule has 0 fully saturated rings. The van der Waals surface area contributed by atoms with Crippen LogP contribution in [-0.2, 0) is 5.41 Å². The number of para-hydroxylation sites is 2. The van der Waals surface area contributed by atoms with Crippen LogP contribution >= 0.6 is 0 Å². The molecule has 1 aliphatic carbocycles. The molecule has 0 aliphatic heterocycles. The Balaban J connectivity index is 1.06. The number of benzene rings is 9. The molecule has 0 saturated heterocycles. The molecule has 0 saturated carbocycles. The predicted molar refractivity (Wildman–Crippen MR) is 240 cm³/mol. The third-order valence-corrected chi connectivity index (χ3v) is 12.0. The van der Waals surface area contributed by atoms with Crippen molar-refractivity contribution in [2.24, 2.45) is 0 Å². The third kappa shape index (κ3) is 5.40. The second-order valence-corrected chi connectivity index (χ2v) is 15.7. The number of hydrogen-bond acceptors (Lipinski definition) is 2.